The van der Waals surface area contributed by atoms with Crippen molar-refractivity contribution in [3.05, 3.63) is 29.3 Å². The second-order valence-electron chi connectivity index (χ2n) is 4.19. The van der Waals surface area contributed by atoms with Crippen LogP contribution in [-0.4, -0.2) is 19.6 Å². The smallest absolute Gasteiger partial charge is 0.312 e. The van der Waals surface area contributed by atoms with Gasteiger partial charge in [-0.1, -0.05) is 12.1 Å². The minimum atomic E-state index is -0.183. The summed E-state index contributed by atoms with van der Waals surface area (Å²) in [5.41, 5.74) is 3.54. The average Bonchev–Trinajstić information content (AvgIpc) is 2.36. The number of hydrogen-bond acceptors (Lipinski definition) is 3. The van der Waals surface area contributed by atoms with Crippen LogP contribution in [0.25, 0.3) is 0 Å². The SMILES string of the molecule is COC(=O)C(C)c1ccc2c(c1)CCCN2. The van der Waals surface area contributed by atoms with Gasteiger partial charge in [-0.2, -0.15) is 0 Å². The van der Waals surface area contributed by atoms with Crippen LogP contribution in [0.3, 0.4) is 0 Å². The van der Waals surface area contributed by atoms with E-state index >= 15 is 0 Å². The van der Waals surface area contributed by atoms with Gasteiger partial charge in [-0.05, 0) is 37.0 Å². The quantitative estimate of drug-likeness (QED) is 0.776. The summed E-state index contributed by atoms with van der Waals surface area (Å²) in [6.45, 7) is 2.92. The van der Waals surface area contributed by atoms with Crippen LogP contribution in [-0.2, 0) is 16.0 Å². The maximum absolute atomic E-state index is 11.4. The number of nitrogens with one attached hydrogen (secondary N) is 1. The average molecular weight is 219 g/mol. The Balaban J connectivity index is 2.26. The Labute approximate surface area is 95.8 Å². The number of fused-ring (bicyclic) bond motifs is 1. The molecular weight excluding hydrogens is 202 g/mol. The van der Waals surface area contributed by atoms with Crippen molar-refractivity contribution in [3.63, 3.8) is 0 Å². The number of aryl methyl sites for hydroxylation is 1. The highest BCUT2D eigenvalue weighted by atomic mass is 16.5. The molecule has 1 unspecified atom stereocenters. The van der Waals surface area contributed by atoms with E-state index in [1.807, 2.05) is 13.0 Å². The second-order valence-corrected chi connectivity index (χ2v) is 4.19. The highest BCUT2D eigenvalue weighted by molar-refractivity contribution is 5.78. The fraction of sp³-hybridized carbons (Fsp3) is 0.462. The van der Waals surface area contributed by atoms with Gasteiger partial charge >= 0.3 is 5.97 Å². The topological polar surface area (TPSA) is 38.3 Å². The van der Waals surface area contributed by atoms with E-state index in [4.69, 9.17) is 4.74 Å². The second kappa shape index (κ2) is 4.56. The molecule has 0 spiro atoms. The van der Waals surface area contributed by atoms with Crippen molar-refractivity contribution in [1.82, 2.24) is 0 Å². The highest BCUT2D eigenvalue weighted by Gasteiger charge is 2.17. The van der Waals surface area contributed by atoms with Gasteiger partial charge in [-0.15, -0.1) is 0 Å². The fourth-order valence-corrected chi connectivity index (χ4v) is 2.08. The molecule has 1 aromatic carbocycles. The van der Waals surface area contributed by atoms with E-state index in [0.29, 0.717) is 0 Å². The minimum Gasteiger partial charge on any atom is -0.469 e. The van der Waals surface area contributed by atoms with Gasteiger partial charge in [0, 0.05) is 12.2 Å². The number of hydrogen-bond donors (Lipinski definition) is 1. The van der Waals surface area contributed by atoms with Gasteiger partial charge in [0.1, 0.15) is 0 Å². The molecule has 0 saturated heterocycles. The van der Waals surface area contributed by atoms with Crippen molar-refractivity contribution in [2.24, 2.45) is 0 Å². The Morgan fingerprint density at radius 1 is 1.50 bits per heavy atom. The Bertz CT molecular complexity index is 401. The van der Waals surface area contributed by atoms with Crippen LogP contribution in [0.5, 0.6) is 0 Å². The molecule has 1 aliphatic heterocycles. The monoisotopic (exact) mass is 219 g/mol. The largest absolute Gasteiger partial charge is 0.469 e. The molecule has 1 atom stereocenters. The van der Waals surface area contributed by atoms with Gasteiger partial charge in [0.25, 0.3) is 0 Å². The van der Waals surface area contributed by atoms with Gasteiger partial charge < -0.3 is 10.1 Å². The summed E-state index contributed by atoms with van der Waals surface area (Å²) in [7, 11) is 1.43. The number of anilines is 1. The van der Waals surface area contributed by atoms with Crippen molar-refractivity contribution >= 4 is 11.7 Å². The van der Waals surface area contributed by atoms with E-state index < -0.39 is 0 Å². The van der Waals surface area contributed by atoms with Crippen LogP contribution in [0.1, 0.15) is 30.4 Å². The Morgan fingerprint density at radius 2 is 2.31 bits per heavy atom. The van der Waals surface area contributed by atoms with Gasteiger partial charge in [-0.25, -0.2) is 0 Å². The number of methoxy groups -OCH3 is 1. The molecule has 2 rings (SSSR count). The maximum atomic E-state index is 11.4. The zero-order chi connectivity index (χ0) is 11.5. The van der Waals surface area contributed by atoms with Crippen LogP contribution in [0.4, 0.5) is 5.69 Å². The number of carbonyl (C=O) groups is 1. The molecule has 0 radical (unpaired) electrons. The first-order valence-corrected chi connectivity index (χ1v) is 5.67. The normalized spacial score (nSPS) is 15.9. The zero-order valence-corrected chi connectivity index (χ0v) is 9.75. The summed E-state index contributed by atoms with van der Waals surface area (Å²) in [6.07, 6.45) is 2.24. The molecule has 0 aliphatic carbocycles. The number of carbonyl (C=O) groups excluding carboxylic acids is 1. The van der Waals surface area contributed by atoms with Crippen LogP contribution in [0.2, 0.25) is 0 Å². The summed E-state index contributed by atoms with van der Waals surface area (Å²) in [5.74, 6) is -0.360. The summed E-state index contributed by atoms with van der Waals surface area (Å²) in [4.78, 5) is 11.4. The number of esters is 1. The van der Waals surface area contributed by atoms with E-state index in [-0.39, 0.29) is 11.9 Å². The fourth-order valence-electron chi connectivity index (χ4n) is 2.08. The van der Waals surface area contributed by atoms with E-state index in [1.54, 1.807) is 0 Å². The third-order valence-corrected chi connectivity index (χ3v) is 3.12. The number of ether oxygens (including phenoxy) is 1. The highest BCUT2D eigenvalue weighted by Crippen LogP contribution is 2.26. The third kappa shape index (κ3) is 2.03. The van der Waals surface area contributed by atoms with Gasteiger partial charge in [0.15, 0.2) is 0 Å². The molecular formula is C13H17NO2. The Kier molecular flexibility index (Phi) is 3.13. The molecule has 3 nitrogen and oxygen atoms in total. The molecule has 0 amide bonds. The molecule has 0 saturated carbocycles. The third-order valence-electron chi connectivity index (χ3n) is 3.12. The van der Waals surface area contributed by atoms with Crippen LogP contribution < -0.4 is 5.32 Å². The Morgan fingerprint density at radius 3 is 3.06 bits per heavy atom. The van der Waals surface area contributed by atoms with Crippen molar-refractivity contribution in [2.45, 2.75) is 25.7 Å². The van der Waals surface area contributed by atoms with E-state index in [9.17, 15) is 4.79 Å². The molecule has 0 bridgehead atoms. The van der Waals surface area contributed by atoms with Crippen molar-refractivity contribution in [1.29, 1.82) is 0 Å². The molecule has 0 aromatic heterocycles. The summed E-state index contributed by atoms with van der Waals surface area (Å²) in [6, 6.07) is 6.17. The van der Waals surface area contributed by atoms with Gasteiger partial charge in [0.2, 0.25) is 0 Å². The summed E-state index contributed by atoms with van der Waals surface area (Å²) in [5, 5.41) is 3.36. The lowest BCUT2D eigenvalue weighted by Gasteiger charge is -2.20. The van der Waals surface area contributed by atoms with Crippen molar-refractivity contribution in [2.75, 3.05) is 19.0 Å². The lowest BCUT2D eigenvalue weighted by Crippen LogP contribution is -2.14. The minimum absolute atomic E-state index is 0.177. The van der Waals surface area contributed by atoms with Crippen LogP contribution >= 0.6 is 0 Å². The molecule has 0 fully saturated rings. The summed E-state index contributed by atoms with van der Waals surface area (Å²) >= 11 is 0. The first-order chi connectivity index (χ1) is 7.72. The lowest BCUT2D eigenvalue weighted by atomic mass is 9.95. The molecule has 1 N–H and O–H groups in total. The lowest BCUT2D eigenvalue weighted by molar-refractivity contribution is -0.141. The van der Waals surface area contributed by atoms with Crippen LogP contribution in [0, 0.1) is 0 Å². The standard InChI is InChI=1S/C13H17NO2/c1-9(13(15)16-2)10-5-6-12-11(8-10)4-3-7-14-12/h5-6,8-9,14H,3-4,7H2,1-2H3. The predicted molar refractivity (Wildman–Crippen MR) is 63.7 cm³/mol. The Hall–Kier alpha value is -1.51. The van der Waals surface area contributed by atoms with Crippen LogP contribution in [0.15, 0.2) is 18.2 Å². The molecule has 1 aromatic rings. The first kappa shape index (κ1) is 11.0. The molecule has 1 heterocycles. The summed E-state index contributed by atoms with van der Waals surface area (Å²) < 4.78 is 4.76. The molecule has 16 heavy (non-hydrogen) atoms. The van der Waals surface area contributed by atoms with E-state index in [2.05, 4.69) is 17.4 Å². The van der Waals surface area contributed by atoms with Crippen molar-refractivity contribution in [3.8, 4) is 0 Å². The van der Waals surface area contributed by atoms with Gasteiger partial charge in [0.05, 0.1) is 13.0 Å². The first-order valence-electron chi connectivity index (χ1n) is 5.67. The van der Waals surface area contributed by atoms with Gasteiger partial charge in [-0.3, -0.25) is 4.79 Å². The zero-order valence-electron chi connectivity index (χ0n) is 9.75. The molecule has 1 aliphatic rings. The molecule has 86 valence electrons. The van der Waals surface area contributed by atoms with E-state index in [0.717, 1.165) is 24.9 Å². The molecule has 3 heteroatoms. The van der Waals surface area contributed by atoms with E-state index in [1.165, 1.54) is 18.4 Å². The van der Waals surface area contributed by atoms with Crippen molar-refractivity contribution < 1.29 is 9.53 Å². The predicted octanol–water partition coefficient (Wildman–Crippen LogP) is 2.32. The number of benzene rings is 1. The number of rotatable bonds is 2. The maximum Gasteiger partial charge on any atom is 0.312 e.